The molecule has 0 radical (unpaired) electrons. The molecule has 18 heavy (non-hydrogen) atoms. The van der Waals surface area contributed by atoms with Crippen LogP contribution in [0.25, 0.3) is 0 Å². The summed E-state index contributed by atoms with van der Waals surface area (Å²) in [6.07, 6.45) is 9.85. The quantitative estimate of drug-likeness (QED) is 0.805. The van der Waals surface area contributed by atoms with Gasteiger partial charge in [0.15, 0.2) is 0 Å². The van der Waals surface area contributed by atoms with Crippen LogP contribution in [0.5, 0.6) is 0 Å². The molecule has 0 amide bonds. The van der Waals surface area contributed by atoms with Crippen LogP contribution in [0.15, 0.2) is 0 Å². The van der Waals surface area contributed by atoms with Crippen LogP contribution in [0.3, 0.4) is 0 Å². The molecule has 1 N–H and O–H groups in total. The summed E-state index contributed by atoms with van der Waals surface area (Å²) >= 11 is 0. The Hall–Kier alpha value is -0.0800. The van der Waals surface area contributed by atoms with Crippen LogP contribution in [0, 0.1) is 11.3 Å². The Labute approximate surface area is 113 Å². The third-order valence-electron chi connectivity index (χ3n) is 5.40. The van der Waals surface area contributed by atoms with E-state index in [2.05, 4.69) is 26.1 Å². The van der Waals surface area contributed by atoms with Gasteiger partial charge in [0.1, 0.15) is 0 Å². The fourth-order valence-electron chi connectivity index (χ4n) is 3.47. The van der Waals surface area contributed by atoms with E-state index in [9.17, 15) is 0 Å². The van der Waals surface area contributed by atoms with Gasteiger partial charge in [-0.2, -0.15) is 0 Å². The molecule has 2 heteroatoms. The van der Waals surface area contributed by atoms with E-state index in [-0.39, 0.29) is 0 Å². The van der Waals surface area contributed by atoms with Crippen molar-refractivity contribution >= 4 is 0 Å². The van der Waals surface area contributed by atoms with Gasteiger partial charge in [-0.25, -0.2) is 0 Å². The van der Waals surface area contributed by atoms with E-state index >= 15 is 0 Å². The first kappa shape index (κ1) is 14.3. The minimum atomic E-state index is 0.495. The fraction of sp³-hybridized carbons (Fsp3) is 1.00. The summed E-state index contributed by atoms with van der Waals surface area (Å²) in [5, 5.41) is 3.73. The highest BCUT2D eigenvalue weighted by Gasteiger charge is 2.31. The summed E-state index contributed by atoms with van der Waals surface area (Å²) in [5.41, 5.74) is 0.541. The third kappa shape index (κ3) is 3.71. The monoisotopic (exact) mass is 253 g/mol. The van der Waals surface area contributed by atoms with Crippen molar-refractivity contribution in [3.63, 3.8) is 0 Å². The van der Waals surface area contributed by atoms with Crippen molar-refractivity contribution in [2.75, 3.05) is 13.2 Å². The first-order valence-corrected chi connectivity index (χ1v) is 7.97. The molecule has 1 unspecified atom stereocenters. The van der Waals surface area contributed by atoms with Gasteiger partial charge in [0.25, 0.3) is 0 Å². The second-order valence-corrected chi connectivity index (χ2v) is 6.93. The predicted octanol–water partition coefficient (Wildman–Crippen LogP) is 3.75. The maximum atomic E-state index is 5.67. The summed E-state index contributed by atoms with van der Waals surface area (Å²) in [6.45, 7) is 9.27. The average Bonchev–Trinajstić information content (AvgIpc) is 2.90. The lowest BCUT2D eigenvalue weighted by Crippen LogP contribution is -2.40. The molecule has 0 bridgehead atoms. The Bertz CT molecular complexity index is 237. The van der Waals surface area contributed by atoms with Gasteiger partial charge in [0, 0.05) is 19.2 Å². The maximum Gasteiger partial charge on any atom is 0.0700 e. The minimum absolute atomic E-state index is 0.495. The van der Waals surface area contributed by atoms with Gasteiger partial charge >= 0.3 is 0 Å². The molecule has 0 aromatic carbocycles. The number of hydrogen-bond acceptors (Lipinski definition) is 2. The third-order valence-corrected chi connectivity index (χ3v) is 5.40. The van der Waals surface area contributed by atoms with Crippen LogP contribution in [0.2, 0.25) is 0 Å². The molecule has 1 aliphatic heterocycles. The zero-order valence-electron chi connectivity index (χ0n) is 12.5. The van der Waals surface area contributed by atoms with E-state index < -0.39 is 0 Å². The summed E-state index contributed by atoms with van der Waals surface area (Å²) in [7, 11) is 0. The first-order valence-electron chi connectivity index (χ1n) is 7.97. The molecule has 2 aliphatic rings. The lowest BCUT2D eigenvalue weighted by atomic mass is 9.69. The average molecular weight is 253 g/mol. The second-order valence-electron chi connectivity index (χ2n) is 6.93. The molecule has 1 heterocycles. The number of rotatable bonds is 5. The number of nitrogens with one attached hydrogen (secondary N) is 1. The molecule has 2 nitrogen and oxygen atoms in total. The van der Waals surface area contributed by atoms with Gasteiger partial charge in [-0.3, -0.25) is 0 Å². The highest BCUT2D eigenvalue weighted by atomic mass is 16.5. The van der Waals surface area contributed by atoms with E-state index in [0.29, 0.717) is 11.5 Å². The van der Waals surface area contributed by atoms with Crippen LogP contribution >= 0.6 is 0 Å². The van der Waals surface area contributed by atoms with Crippen molar-refractivity contribution in [2.45, 2.75) is 77.9 Å². The number of hydrogen-bond donors (Lipinski definition) is 1. The molecule has 106 valence electrons. The van der Waals surface area contributed by atoms with Gasteiger partial charge < -0.3 is 10.1 Å². The van der Waals surface area contributed by atoms with Gasteiger partial charge in [-0.1, -0.05) is 27.2 Å². The van der Waals surface area contributed by atoms with Crippen molar-refractivity contribution in [1.29, 1.82) is 0 Å². The zero-order chi connectivity index (χ0) is 13.0. The Morgan fingerprint density at radius 3 is 2.39 bits per heavy atom. The Balaban J connectivity index is 1.66. The molecule has 1 atom stereocenters. The fourth-order valence-corrected chi connectivity index (χ4v) is 3.47. The van der Waals surface area contributed by atoms with Crippen molar-refractivity contribution in [1.82, 2.24) is 5.32 Å². The highest BCUT2D eigenvalue weighted by molar-refractivity contribution is 4.85. The van der Waals surface area contributed by atoms with Crippen LogP contribution in [-0.2, 0) is 4.74 Å². The highest BCUT2D eigenvalue weighted by Crippen LogP contribution is 2.40. The molecule has 2 fully saturated rings. The van der Waals surface area contributed by atoms with Crippen molar-refractivity contribution in [3.8, 4) is 0 Å². The SMILES string of the molecule is CCC(C)(C)C1CCC(NCC2CCCO2)CC1. The zero-order valence-corrected chi connectivity index (χ0v) is 12.5. The van der Waals surface area contributed by atoms with Gasteiger partial charge in [0.05, 0.1) is 6.10 Å². The first-order chi connectivity index (χ1) is 8.62. The summed E-state index contributed by atoms with van der Waals surface area (Å²) in [5.74, 6) is 0.934. The molecule has 1 aliphatic carbocycles. The van der Waals surface area contributed by atoms with E-state index in [0.717, 1.165) is 25.1 Å². The molecule has 0 aromatic heterocycles. The summed E-state index contributed by atoms with van der Waals surface area (Å²) in [4.78, 5) is 0. The smallest absolute Gasteiger partial charge is 0.0700 e. The molecular formula is C16H31NO. The molecule has 1 saturated carbocycles. The standard InChI is InChI=1S/C16H31NO/c1-4-16(2,3)13-7-9-14(10-8-13)17-12-15-6-5-11-18-15/h13-15,17H,4-12H2,1-3H3. The Morgan fingerprint density at radius 1 is 1.11 bits per heavy atom. The van der Waals surface area contributed by atoms with E-state index in [4.69, 9.17) is 4.74 Å². The van der Waals surface area contributed by atoms with Crippen LogP contribution in [0.4, 0.5) is 0 Å². The Morgan fingerprint density at radius 2 is 1.83 bits per heavy atom. The second kappa shape index (κ2) is 6.38. The van der Waals surface area contributed by atoms with E-state index in [1.165, 1.54) is 44.9 Å². The van der Waals surface area contributed by atoms with Crippen LogP contribution in [-0.4, -0.2) is 25.3 Å². The van der Waals surface area contributed by atoms with Crippen molar-refractivity contribution in [2.24, 2.45) is 11.3 Å². The van der Waals surface area contributed by atoms with E-state index in [1.807, 2.05) is 0 Å². The summed E-state index contributed by atoms with van der Waals surface area (Å²) in [6, 6.07) is 0.748. The van der Waals surface area contributed by atoms with Crippen LogP contribution < -0.4 is 5.32 Å². The molecule has 0 aromatic rings. The van der Waals surface area contributed by atoms with Crippen molar-refractivity contribution < 1.29 is 4.74 Å². The normalized spacial score (nSPS) is 33.8. The van der Waals surface area contributed by atoms with Crippen LogP contribution in [0.1, 0.15) is 65.7 Å². The van der Waals surface area contributed by atoms with Gasteiger partial charge in [0.2, 0.25) is 0 Å². The maximum absolute atomic E-state index is 5.67. The number of ether oxygens (including phenoxy) is 1. The van der Waals surface area contributed by atoms with Gasteiger partial charge in [-0.15, -0.1) is 0 Å². The van der Waals surface area contributed by atoms with Crippen molar-refractivity contribution in [3.05, 3.63) is 0 Å². The topological polar surface area (TPSA) is 21.3 Å². The Kier molecular flexibility index (Phi) is 5.08. The molecule has 2 rings (SSSR count). The predicted molar refractivity (Wildman–Crippen MR) is 76.8 cm³/mol. The summed E-state index contributed by atoms with van der Waals surface area (Å²) < 4.78 is 5.67. The van der Waals surface area contributed by atoms with E-state index in [1.54, 1.807) is 0 Å². The molecule has 0 spiro atoms. The molecular weight excluding hydrogens is 222 g/mol. The largest absolute Gasteiger partial charge is 0.377 e. The molecule has 1 saturated heterocycles. The lowest BCUT2D eigenvalue weighted by molar-refractivity contribution is 0.0978. The lowest BCUT2D eigenvalue weighted by Gasteiger charge is -2.39. The minimum Gasteiger partial charge on any atom is -0.377 e. The van der Waals surface area contributed by atoms with Gasteiger partial charge in [-0.05, 0) is 49.9 Å².